The number of nitriles is 1. The van der Waals surface area contributed by atoms with E-state index in [1.807, 2.05) is 51.6 Å². The molecule has 0 radical (unpaired) electrons. The highest BCUT2D eigenvalue weighted by Gasteiger charge is 2.07. The molecule has 0 atom stereocenters. The van der Waals surface area contributed by atoms with E-state index in [1.54, 1.807) is 46.8 Å². The van der Waals surface area contributed by atoms with Crippen LogP contribution < -0.4 is 10.1 Å². The van der Waals surface area contributed by atoms with Crippen molar-refractivity contribution in [3.05, 3.63) is 66.0 Å². The summed E-state index contributed by atoms with van der Waals surface area (Å²) in [6.45, 7) is 7.76. The van der Waals surface area contributed by atoms with Gasteiger partial charge >= 0.3 is 0 Å². The van der Waals surface area contributed by atoms with Gasteiger partial charge in [0.25, 0.3) is 0 Å². The van der Waals surface area contributed by atoms with Gasteiger partial charge in [0.2, 0.25) is 0 Å². The lowest BCUT2D eigenvalue weighted by molar-refractivity contribution is 0.413. The number of hydrogen-bond donors (Lipinski definition) is 1. The minimum atomic E-state index is 0.497. The van der Waals surface area contributed by atoms with Gasteiger partial charge in [0.05, 0.1) is 29.9 Å². The summed E-state index contributed by atoms with van der Waals surface area (Å²) in [5.41, 5.74) is 4.05. The molecule has 3 rings (SSSR count). The van der Waals surface area contributed by atoms with E-state index in [-0.39, 0.29) is 0 Å². The number of tetrazole rings is 1. The van der Waals surface area contributed by atoms with Crippen LogP contribution in [0.25, 0.3) is 5.57 Å². The molecule has 0 aliphatic carbocycles. The monoisotopic (exact) mass is 465 g/mol. The summed E-state index contributed by atoms with van der Waals surface area (Å²) in [6.07, 6.45) is 9.13. The molecule has 0 saturated carbocycles. The summed E-state index contributed by atoms with van der Waals surface area (Å²) in [4.78, 5) is 4.37. The van der Waals surface area contributed by atoms with Crippen LogP contribution >= 0.6 is 11.8 Å². The minimum absolute atomic E-state index is 0.497. The Kier molecular flexibility index (Phi) is 9.85. The van der Waals surface area contributed by atoms with Crippen molar-refractivity contribution in [2.24, 2.45) is 12.0 Å². The van der Waals surface area contributed by atoms with E-state index in [1.165, 1.54) is 0 Å². The predicted molar refractivity (Wildman–Crippen MR) is 132 cm³/mol. The Labute approximate surface area is 197 Å². The van der Waals surface area contributed by atoms with Crippen LogP contribution in [0.5, 0.6) is 5.75 Å². The first-order valence-electron chi connectivity index (χ1n) is 9.86. The van der Waals surface area contributed by atoms with Gasteiger partial charge in [-0.15, -0.1) is 16.9 Å². The van der Waals surface area contributed by atoms with E-state index in [0.717, 1.165) is 28.4 Å². The zero-order valence-electron chi connectivity index (χ0n) is 19.3. The number of allylic oxidation sites excluding steroid dienone is 2. The van der Waals surface area contributed by atoms with Crippen LogP contribution in [0.4, 0.5) is 5.69 Å². The number of nitrogens with zero attached hydrogens (tertiary/aromatic N) is 8. The highest BCUT2D eigenvalue weighted by Crippen LogP contribution is 2.23. The van der Waals surface area contributed by atoms with Gasteiger partial charge in [-0.25, -0.2) is 9.67 Å². The highest BCUT2D eigenvalue weighted by atomic mass is 32.2. The molecule has 11 heteroatoms. The third kappa shape index (κ3) is 7.62. The number of rotatable bonds is 8. The summed E-state index contributed by atoms with van der Waals surface area (Å²) in [5, 5.41) is 27.0. The first-order chi connectivity index (χ1) is 15.9. The summed E-state index contributed by atoms with van der Waals surface area (Å²) in [7, 11) is 3.41. The number of nitrogens with one attached hydrogen (secondary N) is 1. The number of aliphatic imine (C=N–C) groups is 1. The standard InChI is InChI=1S/C19H21N5O.C3H6N4S/c1-6-15(16-7-8-17(10-20)19(9-16)25-5)11-21-14(3)22-18-12-24(4)23-13(18)2;1-8-3-7-2-4-5-6-7/h6-9,11-12,22H,3H2,1-2,4-5H3;2H,3H2,1H3/b15-6+,21-11-;. The van der Waals surface area contributed by atoms with Crippen LogP contribution in [-0.4, -0.2) is 49.6 Å². The summed E-state index contributed by atoms with van der Waals surface area (Å²) >= 11 is 1.68. The average Bonchev–Trinajstić information content (AvgIpc) is 3.43. The van der Waals surface area contributed by atoms with E-state index in [4.69, 9.17) is 10.00 Å². The Morgan fingerprint density at radius 1 is 1.42 bits per heavy atom. The van der Waals surface area contributed by atoms with Gasteiger partial charge < -0.3 is 10.1 Å². The van der Waals surface area contributed by atoms with Crippen molar-refractivity contribution >= 4 is 29.2 Å². The predicted octanol–water partition coefficient (Wildman–Crippen LogP) is 3.66. The molecule has 2 heterocycles. The van der Waals surface area contributed by atoms with Gasteiger partial charge in [0.1, 0.15) is 24.0 Å². The lowest BCUT2D eigenvalue weighted by atomic mass is 10.0. The van der Waals surface area contributed by atoms with E-state index < -0.39 is 0 Å². The smallest absolute Gasteiger partial charge is 0.139 e. The third-order valence-corrected chi connectivity index (χ3v) is 4.79. The molecule has 10 nitrogen and oxygen atoms in total. The van der Waals surface area contributed by atoms with Crippen LogP contribution in [0, 0.1) is 18.3 Å². The fourth-order valence-electron chi connectivity index (χ4n) is 2.71. The molecule has 1 aromatic carbocycles. The SMILES string of the molecule is C=C(/N=C\C(=C/C)c1ccc(C#N)c(OC)c1)Nc1cn(C)nc1C.CSCn1cnnn1. The van der Waals surface area contributed by atoms with Gasteiger partial charge in [-0.3, -0.25) is 4.68 Å². The summed E-state index contributed by atoms with van der Waals surface area (Å²) < 4.78 is 8.66. The first-order valence-corrected chi connectivity index (χ1v) is 11.3. The Morgan fingerprint density at radius 2 is 2.21 bits per heavy atom. The molecular formula is C22H27N9OS. The Hall–Kier alpha value is -3.91. The van der Waals surface area contributed by atoms with E-state index in [2.05, 4.69) is 43.6 Å². The summed E-state index contributed by atoms with van der Waals surface area (Å²) in [5.74, 6) is 1.87. The molecule has 0 fully saturated rings. The number of methoxy groups -OCH3 is 1. The number of thioether (sulfide) groups is 1. The third-order valence-electron chi connectivity index (χ3n) is 4.27. The number of hydrogen-bond acceptors (Lipinski definition) is 9. The topological polar surface area (TPSA) is 119 Å². The molecule has 0 aliphatic rings. The fraction of sp³-hybridized carbons (Fsp3) is 0.273. The van der Waals surface area contributed by atoms with Crippen LogP contribution in [0.2, 0.25) is 0 Å². The van der Waals surface area contributed by atoms with Crippen LogP contribution in [0.1, 0.15) is 23.7 Å². The Bertz CT molecular complexity index is 1160. The maximum atomic E-state index is 9.08. The number of anilines is 1. The van der Waals surface area contributed by atoms with E-state index in [0.29, 0.717) is 17.1 Å². The van der Waals surface area contributed by atoms with Crippen molar-refractivity contribution < 1.29 is 4.74 Å². The Morgan fingerprint density at radius 3 is 2.76 bits per heavy atom. The molecule has 0 saturated heterocycles. The fourth-order valence-corrected chi connectivity index (χ4v) is 3.09. The van der Waals surface area contributed by atoms with Crippen molar-refractivity contribution in [3.63, 3.8) is 0 Å². The largest absolute Gasteiger partial charge is 0.495 e. The van der Waals surface area contributed by atoms with Crippen molar-refractivity contribution in [3.8, 4) is 11.8 Å². The van der Waals surface area contributed by atoms with E-state index in [9.17, 15) is 0 Å². The lowest BCUT2D eigenvalue weighted by Crippen LogP contribution is -1.97. The zero-order chi connectivity index (χ0) is 24.2. The summed E-state index contributed by atoms with van der Waals surface area (Å²) in [6, 6.07) is 7.52. The molecule has 0 bridgehead atoms. The maximum Gasteiger partial charge on any atom is 0.139 e. The zero-order valence-corrected chi connectivity index (χ0v) is 20.2. The van der Waals surface area contributed by atoms with Crippen molar-refractivity contribution in [1.29, 1.82) is 5.26 Å². The molecule has 0 unspecified atom stereocenters. The minimum Gasteiger partial charge on any atom is -0.495 e. The van der Waals surface area contributed by atoms with Gasteiger partial charge in [-0.2, -0.15) is 10.4 Å². The van der Waals surface area contributed by atoms with Crippen LogP contribution in [0.15, 0.2) is 54.2 Å². The first kappa shape index (κ1) is 25.4. The van der Waals surface area contributed by atoms with Gasteiger partial charge in [-0.1, -0.05) is 18.7 Å². The number of ether oxygens (including phenoxy) is 1. The van der Waals surface area contributed by atoms with Crippen molar-refractivity contribution in [2.45, 2.75) is 19.7 Å². The molecule has 1 N–H and O–H groups in total. The lowest BCUT2D eigenvalue weighted by Gasteiger charge is -2.07. The second-order valence-electron chi connectivity index (χ2n) is 6.67. The molecular weight excluding hydrogens is 438 g/mol. The molecule has 172 valence electrons. The molecule has 33 heavy (non-hydrogen) atoms. The highest BCUT2D eigenvalue weighted by molar-refractivity contribution is 7.97. The molecule has 0 aliphatic heterocycles. The molecule has 3 aromatic rings. The van der Waals surface area contributed by atoms with Crippen molar-refractivity contribution in [1.82, 2.24) is 30.0 Å². The van der Waals surface area contributed by atoms with Gasteiger partial charge in [0.15, 0.2) is 0 Å². The second-order valence-corrected chi connectivity index (χ2v) is 7.51. The normalized spacial score (nSPS) is 11.0. The average molecular weight is 466 g/mol. The maximum absolute atomic E-state index is 9.08. The van der Waals surface area contributed by atoms with E-state index >= 15 is 0 Å². The van der Waals surface area contributed by atoms with Gasteiger partial charge in [0, 0.05) is 19.5 Å². The Balaban J connectivity index is 0.000000405. The number of aromatic nitrogens is 6. The molecule has 0 spiro atoms. The number of benzene rings is 1. The van der Waals surface area contributed by atoms with Crippen LogP contribution in [0.3, 0.4) is 0 Å². The van der Waals surface area contributed by atoms with Gasteiger partial charge in [-0.05, 0) is 53.8 Å². The quantitative estimate of drug-likeness (QED) is 0.501. The molecule has 0 amide bonds. The number of aryl methyl sites for hydroxylation is 2. The second kappa shape index (κ2) is 12.8. The molecule has 2 aromatic heterocycles. The van der Waals surface area contributed by atoms with Crippen molar-refractivity contribution in [2.75, 3.05) is 18.7 Å². The van der Waals surface area contributed by atoms with Crippen LogP contribution in [-0.2, 0) is 12.9 Å².